The molecule has 0 bridgehead atoms. The van der Waals surface area contributed by atoms with Crippen LogP contribution in [-0.2, 0) is 14.8 Å². The Balaban J connectivity index is 1.91. The van der Waals surface area contributed by atoms with Crippen LogP contribution in [0.5, 0.6) is 0 Å². The predicted octanol–water partition coefficient (Wildman–Crippen LogP) is 2.43. The number of fused-ring (bicyclic) bond motifs is 1. The summed E-state index contributed by atoms with van der Waals surface area (Å²) in [5.74, 6) is -0.603. The molecule has 1 aromatic carbocycles. The van der Waals surface area contributed by atoms with Gasteiger partial charge in [0.25, 0.3) is 0 Å². The Morgan fingerprint density at radius 1 is 1.14 bits per heavy atom. The van der Waals surface area contributed by atoms with E-state index in [1.807, 2.05) is 0 Å². The summed E-state index contributed by atoms with van der Waals surface area (Å²) in [5.41, 5.74) is 0.108. The van der Waals surface area contributed by atoms with Crippen LogP contribution in [0.2, 0.25) is 0 Å². The summed E-state index contributed by atoms with van der Waals surface area (Å²) in [4.78, 5) is 35.2. The van der Waals surface area contributed by atoms with Gasteiger partial charge in [0.1, 0.15) is 11.1 Å². The van der Waals surface area contributed by atoms with Crippen molar-refractivity contribution in [3.63, 3.8) is 0 Å². The van der Waals surface area contributed by atoms with Crippen molar-refractivity contribution in [2.24, 2.45) is 0 Å². The van der Waals surface area contributed by atoms with E-state index >= 15 is 0 Å². The minimum Gasteiger partial charge on any atom is -0.422 e. The fourth-order valence-corrected chi connectivity index (χ4v) is 3.22. The van der Waals surface area contributed by atoms with Gasteiger partial charge in [-0.3, -0.25) is 9.59 Å². The predicted molar refractivity (Wildman–Crippen MR) is 107 cm³/mol. The Kier molecular flexibility index (Phi) is 7.09. The summed E-state index contributed by atoms with van der Waals surface area (Å²) in [7, 11) is -3.29. The number of carbonyl (C=O) groups excluding carboxylic acids is 2. The van der Waals surface area contributed by atoms with Crippen LogP contribution in [0.1, 0.15) is 50.4 Å². The van der Waals surface area contributed by atoms with E-state index in [0.29, 0.717) is 29.5 Å². The Labute approximate surface area is 163 Å². The van der Waals surface area contributed by atoms with Crippen molar-refractivity contribution < 1.29 is 22.4 Å². The zero-order valence-electron chi connectivity index (χ0n) is 16.1. The Bertz CT molecular complexity index is 1040. The highest BCUT2D eigenvalue weighted by atomic mass is 32.2. The summed E-state index contributed by atoms with van der Waals surface area (Å²) >= 11 is 0. The van der Waals surface area contributed by atoms with E-state index in [1.54, 1.807) is 32.0 Å². The van der Waals surface area contributed by atoms with Crippen molar-refractivity contribution >= 4 is 38.4 Å². The summed E-state index contributed by atoms with van der Waals surface area (Å²) in [6, 6.07) is 6.23. The SMILES string of the molecule is CC(=O)c1cc2cc(NC(=O)CCCCNS(=O)(=O)C(C)C)ccc2oc1=O. The largest absolute Gasteiger partial charge is 0.422 e. The molecule has 0 aliphatic heterocycles. The van der Waals surface area contributed by atoms with Gasteiger partial charge in [0.05, 0.1) is 5.25 Å². The minimum atomic E-state index is -3.29. The molecule has 1 heterocycles. The Morgan fingerprint density at radius 2 is 1.86 bits per heavy atom. The number of hydrogen-bond donors (Lipinski definition) is 2. The third kappa shape index (κ3) is 5.74. The molecule has 9 heteroatoms. The molecule has 0 atom stereocenters. The number of amides is 1. The first-order valence-electron chi connectivity index (χ1n) is 8.97. The highest BCUT2D eigenvalue weighted by molar-refractivity contribution is 7.90. The van der Waals surface area contributed by atoms with Crippen LogP contribution in [-0.4, -0.2) is 31.9 Å². The summed E-state index contributed by atoms with van der Waals surface area (Å²) in [6.07, 6.45) is 1.32. The number of hydrogen-bond acceptors (Lipinski definition) is 6. The number of anilines is 1. The highest BCUT2D eigenvalue weighted by Crippen LogP contribution is 2.19. The molecule has 28 heavy (non-hydrogen) atoms. The molecular formula is C19H24N2O6S. The van der Waals surface area contributed by atoms with Crippen molar-refractivity contribution in [3.8, 4) is 0 Å². The van der Waals surface area contributed by atoms with E-state index in [0.717, 1.165) is 0 Å². The molecule has 0 saturated carbocycles. The van der Waals surface area contributed by atoms with E-state index in [4.69, 9.17) is 4.42 Å². The average Bonchev–Trinajstić information content (AvgIpc) is 2.60. The number of benzene rings is 1. The van der Waals surface area contributed by atoms with E-state index < -0.39 is 26.7 Å². The molecule has 0 saturated heterocycles. The van der Waals surface area contributed by atoms with Gasteiger partial charge in [-0.2, -0.15) is 0 Å². The maximum atomic E-state index is 12.1. The molecule has 1 amide bonds. The standard InChI is InChI=1S/C19H24N2O6S/c1-12(2)28(25,26)20-9-5-4-6-18(23)21-15-7-8-17-14(10-15)11-16(13(3)22)19(24)27-17/h7-8,10-12,20H,4-6,9H2,1-3H3,(H,21,23). The molecule has 8 nitrogen and oxygen atoms in total. The smallest absolute Gasteiger partial charge is 0.347 e. The van der Waals surface area contributed by atoms with Gasteiger partial charge in [0.2, 0.25) is 15.9 Å². The zero-order valence-corrected chi connectivity index (χ0v) is 16.9. The monoisotopic (exact) mass is 408 g/mol. The van der Waals surface area contributed by atoms with Crippen LogP contribution in [0.15, 0.2) is 33.5 Å². The number of nitrogens with one attached hydrogen (secondary N) is 2. The van der Waals surface area contributed by atoms with Crippen LogP contribution in [0.3, 0.4) is 0 Å². The quantitative estimate of drug-likeness (QED) is 0.373. The lowest BCUT2D eigenvalue weighted by molar-refractivity contribution is -0.116. The topological polar surface area (TPSA) is 123 Å². The summed E-state index contributed by atoms with van der Waals surface area (Å²) < 4.78 is 30.9. The molecule has 0 spiro atoms. The van der Waals surface area contributed by atoms with E-state index in [2.05, 4.69) is 10.0 Å². The van der Waals surface area contributed by atoms with Gasteiger partial charge >= 0.3 is 5.63 Å². The first-order chi connectivity index (χ1) is 13.1. The third-order valence-corrected chi connectivity index (χ3v) is 6.00. The molecule has 152 valence electrons. The van der Waals surface area contributed by atoms with Gasteiger partial charge in [-0.15, -0.1) is 0 Å². The van der Waals surface area contributed by atoms with Crippen molar-refractivity contribution in [2.45, 2.75) is 45.3 Å². The van der Waals surface area contributed by atoms with Gasteiger partial charge in [-0.1, -0.05) is 0 Å². The molecule has 2 rings (SSSR count). The van der Waals surface area contributed by atoms with E-state index in [1.165, 1.54) is 13.0 Å². The molecular weight excluding hydrogens is 384 g/mol. The molecule has 0 fully saturated rings. The lowest BCUT2D eigenvalue weighted by Gasteiger charge is -2.09. The number of sulfonamides is 1. The van der Waals surface area contributed by atoms with E-state index in [9.17, 15) is 22.8 Å². The number of Topliss-reactive ketones (excluding diaryl/α,β-unsaturated/α-hetero) is 1. The molecule has 2 N–H and O–H groups in total. The molecule has 2 aromatic rings. The molecule has 0 aliphatic carbocycles. The minimum absolute atomic E-state index is 0.0418. The highest BCUT2D eigenvalue weighted by Gasteiger charge is 2.14. The fourth-order valence-electron chi connectivity index (χ4n) is 2.46. The number of ketones is 1. The van der Waals surface area contributed by atoms with Gasteiger partial charge in [-0.05, 0) is 57.9 Å². The maximum absolute atomic E-state index is 12.1. The number of rotatable bonds is 9. The second-order valence-electron chi connectivity index (χ2n) is 6.75. The van der Waals surface area contributed by atoms with Gasteiger partial charge in [-0.25, -0.2) is 17.9 Å². The van der Waals surface area contributed by atoms with Crippen LogP contribution < -0.4 is 15.7 Å². The first kappa shape index (κ1) is 21.8. The van der Waals surface area contributed by atoms with Crippen molar-refractivity contribution in [2.75, 3.05) is 11.9 Å². The van der Waals surface area contributed by atoms with E-state index in [-0.39, 0.29) is 24.4 Å². The number of unbranched alkanes of at least 4 members (excludes halogenated alkanes) is 1. The zero-order chi connectivity index (χ0) is 20.9. The van der Waals surface area contributed by atoms with Crippen LogP contribution in [0.25, 0.3) is 11.0 Å². The van der Waals surface area contributed by atoms with Gasteiger partial charge < -0.3 is 9.73 Å². The van der Waals surface area contributed by atoms with Crippen molar-refractivity contribution in [1.82, 2.24) is 4.72 Å². The second-order valence-corrected chi connectivity index (χ2v) is 9.07. The van der Waals surface area contributed by atoms with Gasteiger partial charge in [0, 0.05) is 24.0 Å². The Morgan fingerprint density at radius 3 is 2.50 bits per heavy atom. The third-order valence-electron chi connectivity index (χ3n) is 4.15. The fraction of sp³-hybridized carbons (Fsp3) is 0.421. The normalized spacial score (nSPS) is 11.7. The average molecular weight is 408 g/mol. The van der Waals surface area contributed by atoms with Gasteiger partial charge in [0.15, 0.2) is 5.78 Å². The molecule has 0 aliphatic rings. The van der Waals surface area contributed by atoms with Crippen molar-refractivity contribution in [1.29, 1.82) is 0 Å². The number of carbonyl (C=O) groups is 2. The lowest BCUT2D eigenvalue weighted by atomic mass is 10.1. The lowest BCUT2D eigenvalue weighted by Crippen LogP contribution is -2.31. The first-order valence-corrected chi connectivity index (χ1v) is 10.5. The summed E-state index contributed by atoms with van der Waals surface area (Å²) in [6.45, 7) is 4.77. The molecule has 1 aromatic heterocycles. The summed E-state index contributed by atoms with van der Waals surface area (Å²) in [5, 5.41) is 2.78. The van der Waals surface area contributed by atoms with Crippen LogP contribution in [0, 0.1) is 0 Å². The second kappa shape index (κ2) is 9.11. The van der Waals surface area contributed by atoms with Crippen LogP contribution in [0.4, 0.5) is 5.69 Å². The maximum Gasteiger partial charge on any atom is 0.347 e. The molecule has 0 radical (unpaired) electrons. The van der Waals surface area contributed by atoms with Crippen LogP contribution >= 0.6 is 0 Å². The molecule has 0 unspecified atom stereocenters. The van der Waals surface area contributed by atoms with Crippen molar-refractivity contribution in [3.05, 3.63) is 40.2 Å². The Hall–Kier alpha value is -2.52.